The lowest BCUT2D eigenvalue weighted by Crippen LogP contribution is -2.35. The zero-order valence-electron chi connectivity index (χ0n) is 11.7. The van der Waals surface area contributed by atoms with E-state index in [2.05, 4.69) is 5.32 Å². The van der Waals surface area contributed by atoms with Crippen LogP contribution >= 0.6 is 0 Å². The van der Waals surface area contributed by atoms with E-state index < -0.39 is 0 Å². The molecule has 0 aliphatic carbocycles. The fourth-order valence-electron chi connectivity index (χ4n) is 1.92. The van der Waals surface area contributed by atoms with Gasteiger partial charge in [0.05, 0.1) is 7.11 Å². The van der Waals surface area contributed by atoms with E-state index in [1.807, 2.05) is 31.2 Å². The lowest BCUT2D eigenvalue weighted by atomic mass is 10.1. The summed E-state index contributed by atoms with van der Waals surface area (Å²) in [7, 11) is 1.63. The summed E-state index contributed by atoms with van der Waals surface area (Å²) in [5.41, 5.74) is 1.09. The number of hydrogen-bond acceptors (Lipinski definition) is 3. The van der Waals surface area contributed by atoms with Crippen molar-refractivity contribution in [1.82, 2.24) is 5.32 Å². The van der Waals surface area contributed by atoms with Gasteiger partial charge in [-0.3, -0.25) is 4.79 Å². The van der Waals surface area contributed by atoms with Gasteiger partial charge in [0.25, 0.3) is 0 Å². The number of aliphatic hydroxyl groups is 1. The number of aryl methyl sites for hydroxylation is 1. The van der Waals surface area contributed by atoms with Crippen LogP contribution in [0, 0.1) is 0 Å². The number of amides is 1. The first-order valence-electron chi connectivity index (χ1n) is 6.72. The van der Waals surface area contributed by atoms with Crippen molar-refractivity contribution in [3.63, 3.8) is 0 Å². The van der Waals surface area contributed by atoms with Crippen molar-refractivity contribution in [3.05, 3.63) is 29.8 Å². The molecule has 1 rings (SSSR count). The van der Waals surface area contributed by atoms with Crippen LogP contribution in [0.2, 0.25) is 0 Å². The third-order valence-electron chi connectivity index (χ3n) is 3.11. The first-order chi connectivity index (χ1) is 9.19. The van der Waals surface area contributed by atoms with Crippen LogP contribution in [0.1, 0.15) is 31.7 Å². The first kappa shape index (κ1) is 15.5. The maximum Gasteiger partial charge on any atom is 0.220 e. The molecule has 1 aromatic carbocycles. The predicted molar refractivity (Wildman–Crippen MR) is 75.2 cm³/mol. The maximum absolute atomic E-state index is 11.8. The van der Waals surface area contributed by atoms with Crippen LogP contribution in [0.25, 0.3) is 0 Å². The van der Waals surface area contributed by atoms with Crippen molar-refractivity contribution < 1.29 is 14.6 Å². The van der Waals surface area contributed by atoms with Gasteiger partial charge in [-0.1, -0.05) is 19.1 Å². The Bertz CT molecular complexity index is 393. The fourth-order valence-corrected chi connectivity index (χ4v) is 1.92. The third-order valence-corrected chi connectivity index (χ3v) is 3.11. The summed E-state index contributed by atoms with van der Waals surface area (Å²) in [6.45, 7) is 2.11. The number of methoxy groups -OCH3 is 1. The van der Waals surface area contributed by atoms with Crippen molar-refractivity contribution in [2.75, 3.05) is 13.7 Å². The van der Waals surface area contributed by atoms with Gasteiger partial charge in [0.15, 0.2) is 0 Å². The molecule has 1 unspecified atom stereocenters. The normalized spacial score (nSPS) is 11.9. The Labute approximate surface area is 114 Å². The topological polar surface area (TPSA) is 58.6 Å². The summed E-state index contributed by atoms with van der Waals surface area (Å²) >= 11 is 0. The summed E-state index contributed by atoms with van der Waals surface area (Å²) in [5.74, 6) is 0.841. The Hall–Kier alpha value is -1.55. The summed E-state index contributed by atoms with van der Waals surface area (Å²) in [5, 5.41) is 11.8. The molecule has 4 nitrogen and oxygen atoms in total. The quantitative estimate of drug-likeness (QED) is 0.755. The van der Waals surface area contributed by atoms with Crippen molar-refractivity contribution in [1.29, 1.82) is 0 Å². The van der Waals surface area contributed by atoms with Crippen molar-refractivity contribution in [2.45, 2.75) is 38.6 Å². The molecule has 2 N–H and O–H groups in total. The average Bonchev–Trinajstić information content (AvgIpc) is 2.45. The van der Waals surface area contributed by atoms with Crippen LogP contribution < -0.4 is 10.1 Å². The second-order valence-corrected chi connectivity index (χ2v) is 4.54. The van der Waals surface area contributed by atoms with E-state index in [0.29, 0.717) is 19.3 Å². The minimum absolute atomic E-state index is 0.0307. The zero-order valence-corrected chi connectivity index (χ0v) is 11.7. The van der Waals surface area contributed by atoms with Gasteiger partial charge < -0.3 is 15.2 Å². The highest BCUT2D eigenvalue weighted by molar-refractivity contribution is 5.76. The molecule has 4 heteroatoms. The number of carbonyl (C=O) groups is 1. The molecule has 0 aliphatic heterocycles. The van der Waals surface area contributed by atoms with Gasteiger partial charge >= 0.3 is 0 Å². The Morgan fingerprint density at radius 1 is 1.47 bits per heavy atom. The van der Waals surface area contributed by atoms with E-state index >= 15 is 0 Å². The molecule has 0 spiro atoms. The molecule has 0 aliphatic rings. The van der Waals surface area contributed by atoms with Gasteiger partial charge in [0.1, 0.15) is 5.75 Å². The van der Waals surface area contributed by atoms with Gasteiger partial charge in [-0.25, -0.2) is 0 Å². The number of rotatable bonds is 8. The molecule has 0 bridgehead atoms. The molecule has 0 aromatic heterocycles. The molecule has 0 saturated carbocycles. The van der Waals surface area contributed by atoms with Gasteiger partial charge in [-0.05, 0) is 37.0 Å². The molecular weight excluding hydrogens is 242 g/mol. The number of nitrogens with one attached hydrogen (secondary N) is 1. The predicted octanol–water partition coefficient (Wildman–Crippen LogP) is 1.91. The number of ether oxygens (including phenoxy) is 1. The molecule has 1 amide bonds. The standard InChI is InChI=1S/C15H23NO3/c1-3-13(9-10-17)16-15(18)8-7-12-5-4-6-14(11-12)19-2/h4-6,11,13,17H,3,7-10H2,1-2H3,(H,16,18). The number of carbonyl (C=O) groups excluding carboxylic acids is 1. The van der Waals surface area contributed by atoms with Crippen molar-refractivity contribution in [2.24, 2.45) is 0 Å². The van der Waals surface area contributed by atoms with Crippen LogP contribution in [0.5, 0.6) is 5.75 Å². The molecular formula is C15H23NO3. The van der Waals surface area contributed by atoms with Crippen LogP contribution in [0.4, 0.5) is 0 Å². The monoisotopic (exact) mass is 265 g/mol. The molecule has 0 heterocycles. The number of aliphatic hydroxyl groups excluding tert-OH is 1. The van der Waals surface area contributed by atoms with Gasteiger partial charge in [-0.15, -0.1) is 0 Å². The molecule has 106 valence electrons. The summed E-state index contributed by atoms with van der Waals surface area (Å²) in [6.07, 6.45) is 2.60. The van der Waals surface area contributed by atoms with Crippen LogP contribution in [-0.4, -0.2) is 30.8 Å². The molecule has 19 heavy (non-hydrogen) atoms. The largest absolute Gasteiger partial charge is 0.497 e. The van der Waals surface area contributed by atoms with Gasteiger partial charge in [-0.2, -0.15) is 0 Å². The van der Waals surface area contributed by atoms with Crippen LogP contribution in [-0.2, 0) is 11.2 Å². The molecule has 1 aromatic rings. The van der Waals surface area contributed by atoms with E-state index in [4.69, 9.17) is 9.84 Å². The second-order valence-electron chi connectivity index (χ2n) is 4.54. The Morgan fingerprint density at radius 2 is 2.26 bits per heavy atom. The van der Waals surface area contributed by atoms with E-state index in [1.54, 1.807) is 7.11 Å². The van der Waals surface area contributed by atoms with E-state index in [9.17, 15) is 4.79 Å². The first-order valence-corrected chi connectivity index (χ1v) is 6.72. The summed E-state index contributed by atoms with van der Waals surface area (Å²) in [6, 6.07) is 7.81. The van der Waals surface area contributed by atoms with Crippen molar-refractivity contribution in [3.8, 4) is 5.75 Å². The lowest BCUT2D eigenvalue weighted by molar-refractivity contribution is -0.121. The Balaban J connectivity index is 2.40. The van der Waals surface area contributed by atoms with Gasteiger partial charge in [0.2, 0.25) is 5.91 Å². The molecule has 0 fully saturated rings. The Kier molecular flexibility index (Phi) is 6.97. The maximum atomic E-state index is 11.8. The fraction of sp³-hybridized carbons (Fsp3) is 0.533. The van der Waals surface area contributed by atoms with Crippen LogP contribution in [0.15, 0.2) is 24.3 Å². The van der Waals surface area contributed by atoms with Gasteiger partial charge in [0, 0.05) is 19.1 Å². The molecule has 0 saturated heterocycles. The van der Waals surface area contributed by atoms with E-state index in [0.717, 1.165) is 17.7 Å². The highest BCUT2D eigenvalue weighted by Crippen LogP contribution is 2.13. The highest BCUT2D eigenvalue weighted by atomic mass is 16.5. The summed E-state index contributed by atoms with van der Waals surface area (Å²) < 4.78 is 5.15. The van der Waals surface area contributed by atoms with E-state index in [1.165, 1.54) is 0 Å². The van der Waals surface area contributed by atoms with Crippen LogP contribution in [0.3, 0.4) is 0 Å². The number of benzene rings is 1. The second kappa shape index (κ2) is 8.53. The SMILES string of the molecule is CCC(CCO)NC(=O)CCc1cccc(OC)c1. The minimum atomic E-state index is 0.0307. The molecule has 1 atom stereocenters. The summed E-state index contributed by atoms with van der Waals surface area (Å²) in [4.78, 5) is 11.8. The highest BCUT2D eigenvalue weighted by Gasteiger charge is 2.09. The third kappa shape index (κ3) is 5.75. The smallest absolute Gasteiger partial charge is 0.220 e. The lowest BCUT2D eigenvalue weighted by Gasteiger charge is -2.15. The number of hydrogen-bond donors (Lipinski definition) is 2. The van der Waals surface area contributed by atoms with E-state index in [-0.39, 0.29) is 18.6 Å². The zero-order chi connectivity index (χ0) is 14.1. The molecule has 0 radical (unpaired) electrons. The Morgan fingerprint density at radius 3 is 2.89 bits per heavy atom. The van der Waals surface area contributed by atoms with Crippen molar-refractivity contribution >= 4 is 5.91 Å². The minimum Gasteiger partial charge on any atom is -0.497 e. The average molecular weight is 265 g/mol.